The Morgan fingerprint density at radius 2 is 0.402 bits per heavy atom. The molecule has 0 bridgehead atoms. The van der Waals surface area contributed by atoms with Crippen LogP contribution in [0.5, 0.6) is 0 Å². The number of pyridine rings is 4. The van der Waals surface area contributed by atoms with Crippen LogP contribution < -0.4 is 0 Å². The van der Waals surface area contributed by atoms with E-state index in [0.29, 0.717) is 0 Å². The lowest BCUT2D eigenvalue weighted by molar-refractivity contribution is 1.40. The van der Waals surface area contributed by atoms with E-state index in [2.05, 4.69) is 437 Å². The fraction of sp³-hybridized carbons (Fsp3) is 0. The Morgan fingerprint density at radius 3 is 0.765 bits per heavy atom. The Labute approximate surface area is 759 Å². The van der Waals surface area contributed by atoms with Crippen molar-refractivity contribution < 1.29 is 0 Å². The number of nitrogens with zero attached hydrogens (tertiary/aromatic N) is 4. The van der Waals surface area contributed by atoms with Gasteiger partial charge in [0.05, 0.1) is 33.5 Å². The van der Waals surface area contributed by atoms with Gasteiger partial charge >= 0.3 is 0 Å². The smallest absolute Gasteiger partial charge is 0.0794 e. The molecule has 28 rings (SSSR count). The van der Waals surface area contributed by atoms with Crippen LogP contribution in [0.3, 0.4) is 0 Å². The summed E-state index contributed by atoms with van der Waals surface area (Å²) in [5.74, 6) is 0. The average molecular weight is 1670 g/mol. The van der Waals surface area contributed by atoms with Crippen molar-refractivity contribution in [1.82, 2.24) is 19.9 Å². The maximum Gasteiger partial charge on any atom is 0.0794 e. The predicted octanol–water partition coefficient (Wildman–Crippen LogP) is 35.0. The molecular weight excluding hydrogens is 1590 g/mol. The minimum absolute atomic E-state index is 0.936. The van der Waals surface area contributed by atoms with Crippen LogP contribution in [0.2, 0.25) is 0 Å². The molecular formula is C128H76N4. The van der Waals surface area contributed by atoms with Crippen molar-refractivity contribution in [2.75, 3.05) is 0 Å². The summed E-state index contributed by atoms with van der Waals surface area (Å²) in [6.45, 7) is 0. The minimum atomic E-state index is 0.936. The lowest BCUT2D eigenvalue weighted by Crippen LogP contribution is -1.94. The quantitative estimate of drug-likeness (QED) is 0.142. The number of rotatable bonds is 8. The van der Waals surface area contributed by atoms with Gasteiger partial charge in [-0.1, -0.05) is 382 Å². The van der Waals surface area contributed by atoms with Crippen molar-refractivity contribution in [1.29, 1.82) is 0 Å². The molecule has 4 heteroatoms. The molecule has 28 aromatic rings. The first-order valence-electron chi connectivity index (χ1n) is 45.4. The van der Waals surface area contributed by atoms with Crippen LogP contribution in [0, 0.1) is 0 Å². The molecule has 0 N–H and O–H groups in total. The van der Waals surface area contributed by atoms with E-state index >= 15 is 0 Å². The first-order chi connectivity index (χ1) is 65.4. The molecule has 0 radical (unpaired) electrons. The summed E-state index contributed by atoms with van der Waals surface area (Å²) < 4.78 is 0. The van der Waals surface area contributed by atoms with Gasteiger partial charge in [-0.2, -0.15) is 0 Å². The van der Waals surface area contributed by atoms with E-state index < -0.39 is 0 Å². The molecule has 0 atom stereocenters. The number of fused-ring (bicyclic) bond motifs is 32. The second kappa shape index (κ2) is 30.1. The van der Waals surface area contributed by atoms with E-state index in [1.165, 1.54) is 162 Å². The van der Waals surface area contributed by atoms with E-state index in [-0.39, 0.29) is 0 Å². The highest BCUT2D eigenvalue weighted by Gasteiger charge is 2.24. The third-order valence-corrected chi connectivity index (χ3v) is 28.1. The van der Waals surface area contributed by atoms with Gasteiger partial charge < -0.3 is 0 Å². The summed E-state index contributed by atoms with van der Waals surface area (Å²) in [4.78, 5) is 20.7. The van der Waals surface area contributed by atoms with Crippen LogP contribution in [0.4, 0.5) is 0 Å². The lowest BCUT2D eigenvalue weighted by atomic mass is 9.87. The van der Waals surface area contributed by atoms with E-state index in [4.69, 9.17) is 19.9 Å². The number of benzene rings is 24. The van der Waals surface area contributed by atoms with Crippen LogP contribution in [0.25, 0.3) is 284 Å². The van der Waals surface area contributed by atoms with E-state index in [9.17, 15) is 0 Å². The molecule has 0 aliphatic heterocycles. The Bertz CT molecular complexity index is 9650. The molecule has 0 saturated heterocycles. The van der Waals surface area contributed by atoms with Gasteiger partial charge in [-0.15, -0.1) is 0 Å². The summed E-state index contributed by atoms with van der Waals surface area (Å²) in [6.07, 6.45) is 3.85. The molecule has 0 fully saturated rings. The number of para-hydroxylation sites is 2. The fourth-order valence-electron chi connectivity index (χ4n) is 21.9. The Kier molecular flexibility index (Phi) is 17.1. The molecule has 0 amide bonds. The lowest BCUT2D eigenvalue weighted by Gasteiger charge is -2.18. The summed E-state index contributed by atoms with van der Waals surface area (Å²) in [5, 5.41) is 39.6. The van der Waals surface area contributed by atoms with Crippen LogP contribution in [0.15, 0.2) is 461 Å². The second-order valence-electron chi connectivity index (χ2n) is 35.2. The van der Waals surface area contributed by atoms with Gasteiger partial charge in [0.1, 0.15) is 0 Å². The molecule has 4 heterocycles. The zero-order valence-corrected chi connectivity index (χ0v) is 71.7. The van der Waals surface area contributed by atoms with Crippen molar-refractivity contribution in [2.24, 2.45) is 0 Å². The highest BCUT2D eigenvalue weighted by atomic mass is 14.7. The largest absolute Gasteiger partial charge is 0.256 e. The van der Waals surface area contributed by atoms with Crippen molar-refractivity contribution >= 4 is 194 Å². The maximum absolute atomic E-state index is 5.61. The fourth-order valence-corrected chi connectivity index (χ4v) is 21.9. The first-order valence-corrected chi connectivity index (χ1v) is 45.4. The van der Waals surface area contributed by atoms with Gasteiger partial charge in [-0.05, 0) is 262 Å². The van der Waals surface area contributed by atoms with Crippen molar-refractivity contribution in [3.8, 4) is 89.3 Å². The monoisotopic (exact) mass is 1670 g/mol. The first kappa shape index (κ1) is 74.8. The third-order valence-electron chi connectivity index (χ3n) is 28.1. The highest BCUT2D eigenvalue weighted by molar-refractivity contribution is 6.31. The molecule has 0 saturated carbocycles. The number of aromatic nitrogens is 4. The van der Waals surface area contributed by atoms with Crippen LogP contribution >= 0.6 is 0 Å². The number of hydrogen-bond acceptors (Lipinski definition) is 4. The Balaban J connectivity index is 0.000000135. The predicted molar refractivity (Wildman–Crippen MR) is 563 cm³/mol. The maximum atomic E-state index is 5.61. The van der Waals surface area contributed by atoms with Crippen LogP contribution in [-0.4, -0.2) is 19.9 Å². The summed E-state index contributed by atoms with van der Waals surface area (Å²) in [6, 6.07) is 165. The van der Waals surface area contributed by atoms with Crippen molar-refractivity contribution in [3.63, 3.8) is 0 Å². The van der Waals surface area contributed by atoms with Gasteiger partial charge in [0.15, 0.2) is 0 Å². The SMILES string of the molecule is c1ccc2ncc(-c3ccc(-c4cc(-c5ccc6c7ccccc7c7ccccc7c6c5)c5cc(-c6ccc7c8ccccc8c8ccccc8c7c6)c6ccccc6c5n4)cc3)cc2c1.c1cnc2c(-c3ccc(-c4cc(-c5ccc6c7ccccc7c7ccccc7c6c5)c5cc(-c6ccc7c8ccccc8c8ccccc8c7c6)c6ccccc6c5n4)cc3)cccc2c1. The molecule has 24 aromatic carbocycles. The van der Waals surface area contributed by atoms with Gasteiger partial charge in [0.25, 0.3) is 0 Å². The minimum Gasteiger partial charge on any atom is -0.256 e. The van der Waals surface area contributed by atoms with Gasteiger partial charge in [0, 0.05) is 67.0 Å². The summed E-state index contributed by atoms with van der Waals surface area (Å²) >= 11 is 0. The molecule has 0 aliphatic carbocycles. The van der Waals surface area contributed by atoms with E-state index in [1.54, 1.807) is 0 Å². The van der Waals surface area contributed by atoms with Crippen LogP contribution in [-0.2, 0) is 0 Å². The number of hydrogen-bond donors (Lipinski definition) is 0. The topological polar surface area (TPSA) is 51.6 Å². The molecule has 0 unspecified atom stereocenters. The summed E-state index contributed by atoms with van der Waals surface area (Å²) in [5.41, 5.74) is 21.8. The normalized spacial score (nSPS) is 11.9. The van der Waals surface area contributed by atoms with Gasteiger partial charge in [0.2, 0.25) is 0 Å². The molecule has 0 spiro atoms. The molecule has 4 aromatic heterocycles. The molecule has 0 aliphatic rings. The third kappa shape index (κ3) is 12.0. The highest BCUT2D eigenvalue weighted by Crippen LogP contribution is 2.50. The van der Waals surface area contributed by atoms with Gasteiger partial charge in [-0.3, -0.25) is 9.97 Å². The molecule has 4 nitrogen and oxygen atoms in total. The Hall–Kier alpha value is -17.4. The van der Waals surface area contributed by atoms with E-state index in [1.807, 2.05) is 24.5 Å². The molecule has 132 heavy (non-hydrogen) atoms. The standard InChI is InChI=1S/2C64H38N2/c1-12-24-62-43(13-1)33-44(38-65-62)39-25-27-40(28-26-39)63-37-58(42-30-32-55-50-19-5-3-15-46(50)48-17-7-9-21-52(48)60(55)35-42)61-36-57(53-22-10-11-23-56(53)64(61)66-63)41-29-31-54-49-18-4-2-14-45(49)47-16-6-8-20-51(47)59(54)34-41;1-3-19-49-45(15-1)47-17-5-7-21-51(47)59-35-42(30-32-54(49)59)57-37-61-58(43-31-33-55-50-20-4-2-16-46(50)48-18-6-8-22-52(48)60(55)36-43)38-62(66-64(61)56-24-10-9-23-53(56)57)40-28-26-39(27-29-40)44-25-11-13-41-14-12-34-65-63(41)44/h2*1-38H. The summed E-state index contributed by atoms with van der Waals surface area (Å²) in [7, 11) is 0. The molecule has 608 valence electrons. The van der Waals surface area contributed by atoms with E-state index in [0.717, 1.165) is 121 Å². The van der Waals surface area contributed by atoms with Crippen molar-refractivity contribution in [3.05, 3.63) is 461 Å². The average Bonchev–Trinajstić information content (AvgIpc) is 0.728. The van der Waals surface area contributed by atoms with Crippen molar-refractivity contribution in [2.45, 2.75) is 0 Å². The van der Waals surface area contributed by atoms with Crippen LogP contribution in [0.1, 0.15) is 0 Å². The second-order valence-corrected chi connectivity index (χ2v) is 35.2. The zero-order chi connectivity index (χ0) is 86.6. The Morgan fingerprint density at radius 1 is 0.129 bits per heavy atom. The zero-order valence-electron chi connectivity index (χ0n) is 71.7. The van der Waals surface area contributed by atoms with Gasteiger partial charge in [-0.25, -0.2) is 9.97 Å².